The number of carbonyl (C=O) groups excluding carboxylic acids is 2. The number of rotatable bonds is 4. The number of nitrogens with zero attached hydrogens (tertiary/aromatic N) is 6. The largest absolute Gasteiger partial charge is 0.368 e. The number of nitrogens with two attached hydrogens (primary N) is 2. The van der Waals surface area contributed by atoms with Gasteiger partial charge in [-0.25, -0.2) is 4.52 Å². The highest BCUT2D eigenvalue weighted by Gasteiger charge is 2.27. The molecular formula is C21H20N8O2. The highest BCUT2D eigenvalue weighted by molar-refractivity contribution is 5.94. The molecule has 0 aliphatic carbocycles. The van der Waals surface area contributed by atoms with Crippen molar-refractivity contribution in [2.75, 3.05) is 17.2 Å². The zero-order chi connectivity index (χ0) is 21.7. The van der Waals surface area contributed by atoms with Crippen LogP contribution < -0.4 is 16.4 Å². The van der Waals surface area contributed by atoms with Crippen molar-refractivity contribution >= 4 is 29.1 Å². The summed E-state index contributed by atoms with van der Waals surface area (Å²) >= 11 is 0. The normalized spacial score (nSPS) is 14.0. The van der Waals surface area contributed by atoms with Gasteiger partial charge in [-0.05, 0) is 41.3 Å². The van der Waals surface area contributed by atoms with E-state index in [1.807, 2.05) is 30.3 Å². The number of amides is 2. The van der Waals surface area contributed by atoms with Gasteiger partial charge in [0.1, 0.15) is 0 Å². The Hall–Kier alpha value is -4.21. The van der Waals surface area contributed by atoms with Gasteiger partial charge in [0.25, 0.3) is 0 Å². The standard InChI is InChI=1S/C21H20N8O2/c1-12(30)27-6-4-13-2-3-15(8-17(13)27)19(20(22)31)29-11-16(10-24-29)14-5-7-28-18(9-14)25-21(23)26-28/h2-3,5,7-11,19H,4,6H2,1H3,(H2,22,31)(H2,23,26). The number of pyridine rings is 1. The first kappa shape index (κ1) is 18.8. The molecule has 1 unspecified atom stereocenters. The molecule has 5 rings (SSSR count). The summed E-state index contributed by atoms with van der Waals surface area (Å²) in [6, 6.07) is 8.56. The van der Waals surface area contributed by atoms with Crippen molar-refractivity contribution < 1.29 is 9.59 Å². The molecule has 0 spiro atoms. The average Bonchev–Trinajstić information content (AvgIpc) is 3.44. The van der Waals surface area contributed by atoms with Crippen LogP contribution in [0.3, 0.4) is 0 Å². The zero-order valence-electron chi connectivity index (χ0n) is 16.8. The summed E-state index contributed by atoms with van der Waals surface area (Å²) in [6.07, 6.45) is 5.97. The van der Waals surface area contributed by atoms with Crippen molar-refractivity contribution in [1.82, 2.24) is 24.4 Å². The molecule has 0 saturated carbocycles. The summed E-state index contributed by atoms with van der Waals surface area (Å²) in [7, 11) is 0. The van der Waals surface area contributed by atoms with Crippen LogP contribution >= 0.6 is 0 Å². The van der Waals surface area contributed by atoms with Gasteiger partial charge in [-0.2, -0.15) is 10.1 Å². The maximum absolute atomic E-state index is 12.4. The number of hydrogen-bond donors (Lipinski definition) is 2. The van der Waals surface area contributed by atoms with Crippen LogP contribution in [0.15, 0.2) is 48.9 Å². The number of nitrogen functional groups attached to an aromatic ring is 1. The summed E-state index contributed by atoms with van der Waals surface area (Å²) in [5.74, 6) is -0.377. The molecule has 1 aromatic carbocycles. The predicted molar refractivity (Wildman–Crippen MR) is 114 cm³/mol. The Balaban J connectivity index is 1.52. The number of aromatic nitrogens is 5. The van der Waals surface area contributed by atoms with E-state index >= 15 is 0 Å². The van der Waals surface area contributed by atoms with Crippen molar-refractivity contribution in [3.8, 4) is 11.1 Å². The average molecular weight is 416 g/mol. The van der Waals surface area contributed by atoms with Crippen LogP contribution in [-0.2, 0) is 16.0 Å². The summed E-state index contributed by atoms with van der Waals surface area (Å²) in [4.78, 5) is 30.2. The smallest absolute Gasteiger partial charge is 0.246 e. The Morgan fingerprint density at radius 2 is 2.00 bits per heavy atom. The lowest BCUT2D eigenvalue weighted by Gasteiger charge is -2.19. The van der Waals surface area contributed by atoms with E-state index in [4.69, 9.17) is 11.5 Å². The van der Waals surface area contributed by atoms with Gasteiger partial charge in [-0.3, -0.25) is 14.3 Å². The van der Waals surface area contributed by atoms with Crippen molar-refractivity contribution in [2.24, 2.45) is 5.73 Å². The van der Waals surface area contributed by atoms with Gasteiger partial charge >= 0.3 is 0 Å². The van der Waals surface area contributed by atoms with E-state index in [1.54, 1.807) is 28.0 Å². The molecule has 0 fully saturated rings. The number of anilines is 2. The van der Waals surface area contributed by atoms with Crippen molar-refractivity contribution in [1.29, 1.82) is 0 Å². The third-order valence-electron chi connectivity index (χ3n) is 5.52. The minimum absolute atomic E-state index is 0.0302. The van der Waals surface area contributed by atoms with Crippen molar-refractivity contribution in [3.63, 3.8) is 0 Å². The summed E-state index contributed by atoms with van der Waals surface area (Å²) in [5, 5.41) is 8.46. The fraction of sp³-hybridized carbons (Fsp3) is 0.190. The molecule has 2 amide bonds. The molecule has 31 heavy (non-hydrogen) atoms. The van der Waals surface area contributed by atoms with Crippen LogP contribution in [0.5, 0.6) is 0 Å². The van der Waals surface area contributed by atoms with E-state index in [1.165, 1.54) is 11.6 Å². The molecule has 1 aliphatic heterocycles. The minimum Gasteiger partial charge on any atom is -0.368 e. The first-order valence-electron chi connectivity index (χ1n) is 9.77. The number of benzene rings is 1. The van der Waals surface area contributed by atoms with Gasteiger partial charge in [0, 0.05) is 37.1 Å². The zero-order valence-corrected chi connectivity index (χ0v) is 16.8. The van der Waals surface area contributed by atoms with E-state index < -0.39 is 11.9 Å². The molecule has 4 heterocycles. The Morgan fingerprint density at radius 3 is 2.77 bits per heavy atom. The molecule has 3 aromatic heterocycles. The van der Waals surface area contributed by atoms with Gasteiger partial charge in [-0.15, -0.1) is 5.10 Å². The SMILES string of the molecule is CC(=O)N1CCc2ccc(C(C(N)=O)n3cc(-c4ccn5nc(N)nc5c4)cn3)cc21. The van der Waals surface area contributed by atoms with E-state index in [2.05, 4.69) is 15.2 Å². The highest BCUT2D eigenvalue weighted by Crippen LogP contribution is 2.32. The van der Waals surface area contributed by atoms with Gasteiger partial charge in [0.2, 0.25) is 17.8 Å². The van der Waals surface area contributed by atoms with Gasteiger partial charge in [0.05, 0.1) is 6.20 Å². The van der Waals surface area contributed by atoms with Gasteiger partial charge in [-0.1, -0.05) is 12.1 Å². The molecule has 0 saturated heterocycles. The Kier molecular flexibility index (Phi) is 4.21. The second kappa shape index (κ2) is 6.94. The van der Waals surface area contributed by atoms with Crippen LogP contribution in [0.25, 0.3) is 16.8 Å². The maximum atomic E-state index is 12.4. The number of primary amides is 1. The minimum atomic E-state index is -0.805. The van der Waals surface area contributed by atoms with Crippen molar-refractivity contribution in [3.05, 3.63) is 60.0 Å². The van der Waals surface area contributed by atoms with E-state index in [9.17, 15) is 9.59 Å². The number of hydrogen-bond acceptors (Lipinski definition) is 6. The lowest BCUT2D eigenvalue weighted by molar-refractivity contribution is -0.120. The van der Waals surface area contributed by atoms with E-state index in [-0.39, 0.29) is 11.9 Å². The number of carbonyl (C=O) groups is 2. The summed E-state index contributed by atoms with van der Waals surface area (Å²) < 4.78 is 3.12. The lowest BCUT2D eigenvalue weighted by Crippen LogP contribution is -2.29. The van der Waals surface area contributed by atoms with E-state index in [0.29, 0.717) is 17.8 Å². The lowest BCUT2D eigenvalue weighted by atomic mass is 10.0. The van der Waals surface area contributed by atoms with Crippen molar-refractivity contribution in [2.45, 2.75) is 19.4 Å². The third-order valence-corrected chi connectivity index (χ3v) is 5.52. The molecular weight excluding hydrogens is 396 g/mol. The molecule has 0 bridgehead atoms. The van der Waals surface area contributed by atoms with Crippen LogP contribution in [0, 0.1) is 0 Å². The highest BCUT2D eigenvalue weighted by atomic mass is 16.2. The number of fused-ring (bicyclic) bond motifs is 2. The molecule has 1 atom stereocenters. The molecule has 10 heteroatoms. The first-order chi connectivity index (χ1) is 14.9. The second-order valence-electron chi connectivity index (χ2n) is 7.51. The third kappa shape index (κ3) is 3.18. The van der Waals surface area contributed by atoms with Crippen LogP contribution in [0.4, 0.5) is 11.6 Å². The first-order valence-corrected chi connectivity index (χ1v) is 9.77. The molecule has 4 aromatic rings. The predicted octanol–water partition coefficient (Wildman–Crippen LogP) is 1.16. The van der Waals surface area contributed by atoms with Crippen LogP contribution in [-0.4, -0.2) is 42.7 Å². The molecule has 0 radical (unpaired) electrons. The Bertz CT molecular complexity index is 1340. The monoisotopic (exact) mass is 416 g/mol. The van der Waals surface area contributed by atoms with E-state index in [0.717, 1.165) is 28.8 Å². The Morgan fingerprint density at radius 1 is 1.16 bits per heavy atom. The molecule has 4 N–H and O–H groups in total. The molecule has 156 valence electrons. The molecule has 10 nitrogen and oxygen atoms in total. The van der Waals surface area contributed by atoms with Gasteiger partial charge in [0.15, 0.2) is 11.7 Å². The molecule has 1 aliphatic rings. The quantitative estimate of drug-likeness (QED) is 0.512. The van der Waals surface area contributed by atoms with Crippen LogP contribution in [0.2, 0.25) is 0 Å². The van der Waals surface area contributed by atoms with Gasteiger partial charge < -0.3 is 16.4 Å². The Labute approximate surface area is 177 Å². The maximum Gasteiger partial charge on any atom is 0.246 e. The fourth-order valence-corrected chi connectivity index (χ4v) is 4.05. The summed E-state index contributed by atoms with van der Waals surface area (Å²) in [6.45, 7) is 2.17. The summed E-state index contributed by atoms with van der Waals surface area (Å²) in [5.41, 5.74) is 16.2. The second-order valence-corrected chi connectivity index (χ2v) is 7.51. The topological polar surface area (TPSA) is 137 Å². The van der Waals surface area contributed by atoms with Crippen LogP contribution in [0.1, 0.15) is 24.1 Å². The fourth-order valence-electron chi connectivity index (χ4n) is 4.05.